The summed E-state index contributed by atoms with van der Waals surface area (Å²) in [4.78, 5) is 23.4. The summed E-state index contributed by atoms with van der Waals surface area (Å²) in [5.74, 6) is -0.529. The van der Waals surface area contributed by atoms with Crippen molar-refractivity contribution in [2.75, 3.05) is 0 Å². The van der Waals surface area contributed by atoms with E-state index in [4.69, 9.17) is 5.21 Å². The van der Waals surface area contributed by atoms with E-state index in [1.165, 1.54) is 5.56 Å². The third-order valence-corrected chi connectivity index (χ3v) is 3.79. The van der Waals surface area contributed by atoms with E-state index in [0.29, 0.717) is 12.0 Å². The molecule has 3 N–H and O–H groups in total. The number of benzene rings is 1. The van der Waals surface area contributed by atoms with Crippen LogP contribution in [0.25, 0.3) is 0 Å². The molecule has 0 spiro atoms. The summed E-state index contributed by atoms with van der Waals surface area (Å²) in [6.07, 6.45) is 4.26. The monoisotopic (exact) mass is 302 g/mol. The van der Waals surface area contributed by atoms with Crippen LogP contribution in [0.1, 0.15) is 48.7 Å². The van der Waals surface area contributed by atoms with Crippen molar-refractivity contribution < 1.29 is 14.8 Å². The van der Waals surface area contributed by atoms with Crippen LogP contribution < -0.4 is 10.8 Å². The molecule has 118 valence electrons. The Morgan fingerprint density at radius 1 is 1.18 bits per heavy atom. The third-order valence-electron chi connectivity index (χ3n) is 3.79. The molecule has 0 aliphatic heterocycles. The van der Waals surface area contributed by atoms with Crippen LogP contribution in [-0.2, 0) is 17.6 Å². The van der Waals surface area contributed by atoms with E-state index < -0.39 is 11.3 Å². The molecule has 0 saturated heterocycles. The van der Waals surface area contributed by atoms with Gasteiger partial charge in [-0.1, -0.05) is 26.8 Å². The lowest BCUT2D eigenvalue weighted by Crippen LogP contribution is -2.31. The minimum atomic E-state index is -0.514. The highest BCUT2D eigenvalue weighted by Crippen LogP contribution is 2.26. The van der Waals surface area contributed by atoms with Gasteiger partial charge in [0.15, 0.2) is 0 Å². The molecule has 2 amide bonds. The highest BCUT2D eigenvalue weighted by molar-refractivity contribution is 5.93. The summed E-state index contributed by atoms with van der Waals surface area (Å²) in [6, 6.07) is 5.42. The maximum Gasteiger partial charge on any atom is 0.274 e. The quantitative estimate of drug-likeness (QED) is 0.579. The Hall–Kier alpha value is -2.14. The van der Waals surface area contributed by atoms with Gasteiger partial charge in [-0.2, -0.15) is 0 Å². The fourth-order valence-electron chi connectivity index (χ4n) is 2.38. The summed E-state index contributed by atoms with van der Waals surface area (Å²) in [7, 11) is 0. The lowest BCUT2D eigenvalue weighted by Gasteiger charge is -2.21. The number of hydrogen-bond acceptors (Lipinski definition) is 3. The van der Waals surface area contributed by atoms with Crippen molar-refractivity contribution in [1.82, 2.24) is 10.8 Å². The molecule has 0 unspecified atom stereocenters. The van der Waals surface area contributed by atoms with Crippen LogP contribution in [-0.4, -0.2) is 17.0 Å². The number of carbonyl (C=O) groups is 2. The summed E-state index contributed by atoms with van der Waals surface area (Å²) in [5.41, 5.74) is 5.05. The van der Waals surface area contributed by atoms with Crippen molar-refractivity contribution >= 4 is 11.8 Å². The molecular formula is C17H22N2O3. The molecule has 0 saturated carbocycles. The van der Waals surface area contributed by atoms with E-state index in [1.54, 1.807) is 23.8 Å². The van der Waals surface area contributed by atoms with E-state index in [1.807, 2.05) is 26.8 Å². The van der Waals surface area contributed by atoms with Gasteiger partial charge in [0.2, 0.25) is 5.91 Å². The Labute approximate surface area is 130 Å². The minimum absolute atomic E-state index is 0.0146. The van der Waals surface area contributed by atoms with E-state index in [9.17, 15) is 9.59 Å². The van der Waals surface area contributed by atoms with Crippen LogP contribution in [0.4, 0.5) is 0 Å². The number of hydroxylamine groups is 1. The molecule has 0 heterocycles. The summed E-state index contributed by atoms with van der Waals surface area (Å²) < 4.78 is 0. The molecule has 0 atom stereocenters. The lowest BCUT2D eigenvalue weighted by molar-refractivity contribution is -0.127. The first-order valence-electron chi connectivity index (χ1n) is 7.36. The number of amides is 2. The fraction of sp³-hybridized carbons (Fsp3) is 0.412. The number of aryl methyl sites for hydroxylation is 1. The van der Waals surface area contributed by atoms with Gasteiger partial charge in [-0.05, 0) is 48.1 Å². The zero-order chi connectivity index (χ0) is 16.3. The number of nitrogens with one attached hydrogen (secondary N) is 2. The first-order chi connectivity index (χ1) is 10.3. The topological polar surface area (TPSA) is 78.4 Å². The number of hydrogen-bond donors (Lipinski definition) is 3. The Morgan fingerprint density at radius 3 is 2.55 bits per heavy atom. The molecule has 0 bridgehead atoms. The van der Waals surface area contributed by atoms with E-state index in [-0.39, 0.29) is 5.91 Å². The predicted octanol–water partition coefficient (Wildman–Crippen LogP) is 2.34. The SMILES string of the molecule is CC(C)(C)C(=O)N/C=C1/CCc2ccc(C(=O)NO)cc2C1. The second-order valence-corrected chi connectivity index (χ2v) is 6.63. The lowest BCUT2D eigenvalue weighted by atomic mass is 9.87. The van der Waals surface area contributed by atoms with Crippen LogP contribution in [0.5, 0.6) is 0 Å². The number of rotatable bonds is 2. The van der Waals surface area contributed by atoms with Gasteiger partial charge in [-0.15, -0.1) is 0 Å². The largest absolute Gasteiger partial charge is 0.332 e. The van der Waals surface area contributed by atoms with E-state index in [0.717, 1.165) is 24.0 Å². The van der Waals surface area contributed by atoms with Gasteiger partial charge in [0, 0.05) is 17.2 Å². The Kier molecular flexibility index (Phi) is 4.66. The van der Waals surface area contributed by atoms with Crippen molar-refractivity contribution in [3.05, 3.63) is 46.7 Å². The van der Waals surface area contributed by atoms with Crippen molar-refractivity contribution in [2.24, 2.45) is 5.41 Å². The Balaban J connectivity index is 2.13. The summed E-state index contributed by atoms with van der Waals surface area (Å²) in [5, 5.41) is 11.6. The summed E-state index contributed by atoms with van der Waals surface area (Å²) in [6.45, 7) is 5.62. The van der Waals surface area contributed by atoms with Crippen LogP contribution in [0.3, 0.4) is 0 Å². The second-order valence-electron chi connectivity index (χ2n) is 6.63. The maximum atomic E-state index is 11.9. The van der Waals surface area contributed by atoms with Crippen LogP contribution in [0, 0.1) is 5.41 Å². The normalized spacial score (nSPS) is 16.1. The minimum Gasteiger partial charge on any atom is -0.332 e. The fourth-order valence-corrected chi connectivity index (χ4v) is 2.38. The molecule has 5 heteroatoms. The van der Waals surface area contributed by atoms with Gasteiger partial charge in [-0.25, -0.2) is 5.48 Å². The Morgan fingerprint density at radius 2 is 1.91 bits per heavy atom. The molecule has 1 aromatic carbocycles. The number of allylic oxidation sites excluding steroid dienone is 1. The Bertz CT molecular complexity index is 627. The van der Waals surface area contributed by atoms with E-state index >= 15 is 0 Å². The second kappa shape index (κ2) is 6.32. The molecular weight excluding hydrogens is 280 g/mol. The number of fused-ring (bicyclic) bond motifs is 1. The smallest absolute Gasteiger partial charge is 0.274 e. The molecule has 22 heavy (non-hydrogen) atoms. The standard InChI is InChI=1S/C17H22N2O3/c1-17(2,3)16(21)18-10-11-4-5-12-6-7-13(15(20)19-22)9-14(12)8-11/h6-7,9-10,22H,4-5,8H2,1-3H3,(H,18,21)(H,19,20)/b11-10-. The van der Waals surface area contributed by atoms with Crippen molar-refractivity contribution in [1.29, 1.82) is 0 Å². The van der Waals surface area contributed by atoms with Gasteiger partial charge < -0.3 is 5.32 Å². The predicted molar refractivity (Wildman–Crippen MR) is 83.4 cm³/mol. The molecule has 1 aromatic rings. The van der Waals surface area contributed by atoms with Gasteiger partial charge in [0.25, 0.3) is 5.91 Å². The van der Waals surface area contributed by atoms with Gasteiger partial charge in [0.1, 0.15) is 0 Å². The average Bonchev–Trinajstić information content (AvgIpc) is 2.49. The van der Waals surface area contributed by atoms with Crippen LogP contribution in [0.2, 0.25) is 0 Å². The highest BCUT2D eigenvalue weighted by Gasteiger charge is 2.21. The zero-order valence-electron chi connectivity index (χ0n) is 13.2. The van der Waals surface area contributed by atoms with Gasteiger partial charge in [0.05, 0.1) is 0 Å². The average molecular weight is 302 g/mol. The van der Waals surface area contributed by atoms with Gasteiger partial charge >= 0.3 is 0 Å². The van der Waals surface area contributed by atoms with Crippen LogP contribution in [0.15, 0.2) is 30.0 Å². The van der Waals surface area contributed by atoms with Crippen molar-refractivity contribution in [3.8, 4) is 0 Å². The van der Waals surface area contributed by atoms with Crippen molar-refractivity contribution in [2.45, 2.75) is 40.0 Å². The highest BCUT2D eigenvalue weighted by atomic mass is 16.5. The zero-order valence-corrected chi connectivity index (χ0v) is 13.2. The number of carbonyl (C=O) groups excluding carboxylic acids is 2. The first kappa shape index (κ1) is 16.2. The molecule has 0 fully saturated rings. The summed E-state index contributed by atoms with van der Waals surface area (Å²) >= 11 is 0. The third kappa shape index (κ3) is 3.74. The molecule has 5 nitrogen and oxygen atoms in total. The molecule has 0 radical (unpaired) electrons. The molecule has 2 rings (SSSR count). The first-order valence-corrected chi connectivity index (χ1v) is 7.36. The molecule has 1 aliphatic rings. The van der Waals surface area contributed by atoms with Gasteiger partial charge in [-0.3, -0.25) is 14.8 Å². The molecule has 1 aliphatic carbocycles. The van der Waals surface area contributed by atoms with E-state index in [2.05, 4.69) is 5.32 Å². The van der Waals surface area contributed by atoms with Crippen LogP contribution >= 0.6 is 0 Å². The molecule has 0 aromatic heterocycles. The maximum absolute atomic E-state index is 11.9. The van der Waals surface area contributed by atoms with Crippen molar-refractivity contribution in [3.63, 3.8) is 0 Å².